The molecule has 2 N–H and O–H groups in total. The summed E-state index contributed by atoms with van der Waals surface area (Å²) in [5.41, 5.74) is 8.40. The van der Waals surface area contributed by atoms with Crippen molar-refractivity contribution in [3.63, 3.8) is 0 Å². The molecule has 102 valence electrons. The summed E-state index contributed by atoms with van der Waals surface area (Å²) in [6, 6.07) is 5.81. The lowest BCUT2D eigenvalue weighted by Gasteiger charge is -2.33. The molecular weight excluding hydrogens is 240 g/mol. The van der Waals surface area contributed by atoms with Crippen molar-refractivity contribution < 1.29 is 9.59 Å². The van der Waals surface area contributed by atoms with Crippen molar-refractivity contribution in [1.29, 1.82) is 0 Å². The van der Waals surface area contributed by atoms with Crippen molar-refractivity contribution >= 4 is 17.4 Å². The van der Waals surface area contributed by atoms with E-state index in [1.54, 1.807) is 6.92 Å². The maximum absolute atomic E-state index is 11.4. The Kier molecular flexibility index (Phi) is 3.88. The molecule has 4 heteroatoms. The third kappa shape index (κ3) is 2.95. The van der Waals surface area contributed by atoms with Gasteiger partial charge in [0.2, 0.25) is 5.91 Å². The molecule has 0 saturated heterocycles. The number of primary amides is 1. The zero-order valence-electron chi connectivity index (χ0n) is 11.5. The van der Waals surface area contributed by atoms with Gasteiger partial charge in [-0.2, -0.15) is 0 Å². The monoisotopic (exact) mass is 260 g/mol. The topological polar surface area (TPSA) is 63.4 Å². The number of aryl methyl sites for hydroxylation is 1. The van der Waals surface area contributed by atoms with Gasteiger partial charge >= 0.3 is 0 Å². The highest BCUT2D eigenvalue weighted by Gasteiger charge is 2.21. The predicted molar refractivity (Wildman–Crippen MR) is 75.3 cm³/mol. The van der Waals surface area contributed by atoms with Crippen molar-refractivity contribution in [2.75, 3.05) is 18.0 Å². The van der Waals surface area contributed by atoms with E-state index in [1.807, 2.05) is 25.1 Å². The molecular formula is C15H20N2O2. The quantitative estimate of drug-likeness (QED) is 0.839. The van der Waals surface area contributed by atoms with Gasteiger partial charge in [-0.3, -0.25) is 9.59 Å². The minimum atomic E-state index is -0.271. The fourth-order valence-electron chi connectivity index (χ4n) is 2.50. The maximum atomic E-state index is 11.4. The van der Waals surface area contributed by atoms with Crippen LogP contribution in [-0.4, -0.2) is 24.8 Å². The number of ketones is 1. The zero-order valence-corrected chi connectivity index (χ0v) is 11.5. The fourth-order valence-corrected chi connectivity index (χ4v) is 2.50. The SMILES string of the molecule is CC(=O)c1ccc2c(c1)CCCN2CC(C)C(N)=O. The molecule has 1 unspecified atom stereocenters. The number of amides is 1. The Balaban J connectivity index is 2.24. The van der Waals surface area contributed by atoms with E-state index in [9.17, 15) is 9.59 Å². The Morgan fingerprint density at radius 3 is 2.79 bits per heavy atom. The zero-order chi connectivity index (χ0) is 14.0. The highest BCUT2D eigenvalue weighted by Crippen LogP contribution is 2.28. The van der Waals surface area contributed by atoms with Crippen LogP contribution in [0.1, 0.15) is 36.2 Å². The Morgan fingerprint density at radius 1 is 1.42 bits per heavy atom. The number of Topliss-reactive ketones (excluding diaryl/α,β-unsaturated/α-hetero) is 1. The molecule has 0 spiro atoms. The van der Waals surface area contributed by atoms with Crippen molar-refractivity contribution in [3.8, 4) is 0 Å². The lowest BCUT2D eigenvalue weighted by molar-refractivity contribution is -0.121. The summed E-state index contributed by atoms with van der Waals surface area (Å²) in [4.78, 5) is 24.8. The van der Waals surface area contributed by atoms with Gasteiger partial charge in [-0.05, 0) is 43.5 Å². The van der Waals surface area contributed by atoms with Gasteiger partial charge in [-0.1, -0.05) is 6.92 Å². The Hall–Kier alpha value is -1.84. The molecule has 1 atom stereocenters. The van der Waals surface area contributed by atoms with Crippen LogP contribution in [-0.2, 0) is 11.2 Å². The number of nitrogens with two attached hydrogens (primary N) is 1. The van der Waals surface area contributed by atoms with Crippen LogP contribution in [0.5, 0.6) is 0 Å². The summed E-state index contributed by atoms with van der Waals surface area (Å²) in [5, 5.41) is 0. The van der Waals surface area contributed by atoms with E-state index in [2.05, 4.69) is 4.90 Å². The number of hydrogen-bond acceptors (Lipinski definition) is 3. The molecule has 1 aromatic rings. The number of hydrogen-bond donors (Lipinski definition) is 1. The van der Waals surface area contributed by atoms with Gasteiger partial charge in [-0.25, -0.2) is 0 Å². The largest absolute Gasteiger partial charge is 0.371 e. The molecule has 0 saturated carbocycles. The van der Waals surface area contributed by atoms with Crippen LogP contribution in [0.25, 0.3) is 0 Å². The molecule has 0 bridgehead atoms. The highest BCUT2D eigenvalue weighted by molar-refractivity contribution is 5.94. The average Bonchev–Trinajstić information content (AvgIpc) is 2.38. The standard InChI is InChI=1S/C15H20N2O2/c1-10(15(16)19)9-17-7-3-4-13-8-12(11(2)18)5-6-14(13)17/h5-6,8,10H,3-4,7,9H2,1-2H3,(H2,16,19). The number of carbonyl (C=O) groups is 2. The minimum Gasteiger partial charge on any atom is -0.371 e. The summed E-state index contributed by atoms with van der Waals surface area (Å²) in [5.74, 6) is -0.351. The second-order valence-corrected chi connectivity index (χ2v) is 5.25. The molecule has 0 radical (unpaired) electrons. The average molecular weight is 260 g/mol. The molecule has 2 rings (SSSR count). The van der Waals surface area contributed by atoms with Crippen molar-refractivity contribution in [3.05, 3.63) is 29.3 Å². The van der Waals surface area contributed by atoms with Gasteiger partial charge in [0.1, 0.15) is 0 Å². The Bertz CT molecular complexity index is 511. The van der Waals surface area contributed by atoms with E-state index in [0.717, 1.165) is 30.6 Å². The summed E-state index contributed by atoms with van der Waals surface area (Å²) >= 11 is 0. The first-order valence-corrected chi connectivity index (χ1v) is 6.67. The van der Waals surface area contributed by atoms with Crippen LogP contribution in [0, 0.1) is 5.92 Å². The molecule has 0 fully saturated rings. The molecule has 4 nitrogen and oxygen atoms in total. The van der Waals surface area contributed by atoms with E-state index in [4.69, 9.17) is 5.73 Å². The number of carbonyl (C=O) groups excluding carboxylic acids is 2. The third-order valence-electron chi connectivity index (χ3n) is 3.68. The first-order valence-electron chi connectivity index (χ1n) is 6.67. The first-order chi connectivity index (χ1) is 8.99. The predicted octanol–water partition coefficient (Wildman–Crippen LogP) is 1.76. The smallest absolute Gasteiger partial charge is 0.222 e. The van der Waals surface area contributed by atoms with E-state index in [1.165, 1.54) is 5.56 Å². The molecule has 0 aliphatic carbocycles. The van der Waals surface area contributed by atoms with Gasteiger partial charge in [0, 0.05) is 24.3 Å². The molecule has 1 aliphatic rings. The molecule has 19 heavy (non-hydrogen) atoms. The van der Waals surface area contributed by atoms with E-state index in [0.29, 0.717) is 6.54 Å². The number of benzene rings is 1. The molecule has 1 aromatic carbocycles. The normalized spacial score (nSPS) is 15.8. The lowest BCUT2D eigenvalue weighted by Crippen LogP contribution is -2.37. The lowest BCUT2D eigenvalue weighted by atomic mass is 9.97. The highest BCUT2D eigenvalue weighted by atomic mass is 16.1. The van der Waals surface area contributed by atoms with Crippen LogP contribution in [0.2, 0.25) is 0 Å². The maximum Gasteiger partial charge on any atom is 0.222 e. The van der Waals surface area contributed by atoms with Crippen molar-refractivity contribution in [2.45, 2.75) is 26.7 Å². The second kappa shape index (κ2) is 5.43. The molecule has 1 heterocycles. The summed E-state index contributed by atoms with van der Waals surface area (Å²) in [7, 11) is 0. The summed E-state index contributed by atoms with van der Waals surface area (Å²) < 4.78 is 0. The van der Waals surface area contributed by atoms with Gasteiger partial charge in [0.05, 0.1) is 5.92 Å². The number of nitrogens with zero attached hydrogens (tertiary/aromatic N) is 1. The van der Waals surface area contributed by atoms with Gasteiger partial charge in [-0.15, -0.1) is 0 Å². The van der Waals surface area contributed by atoms with E-state index < -0.39 is 0 Å². The van der Waals surface area contributed by atoms with Crippen LogP contribution in [0.15, 0.2) is 18.2 Å². The van der Waals surface area contributed by atoms with Crippen LogP contribution in [0.3, 0.4) is 0 Å². The van der Waals surface area contributed by atoms with Crippen LogP contribution < -0.4 is 10.6 Å². The van der Waals surface area contributed by atoms with Gasteiger partial charge in [0.25, 0.3) is 0 Å². The van der Waals surface area contributed by atoms with Gasteiger partial charge in [0.15, 0.2) is 5.78 Å². The van der Waals surface area contributed by atoms with Crippen molar-refractivity contribution in [2.24, 2.45) is 11.7 Å². The van der Waals surface area contributed by atoms with Crippen LogP contribution in [0.4, 0.5) is 5.69 Å². The first kappa shape index (κ1) is 13.6. The summed E-state index contributed by atoms with van der Waals surface area (Å²) in [6.45, 7) is 5.00. The number of anilines is 1. The van der Waals surface area contributed by atoms with E-state index in [-0.39, 0.29) is 17.6 Å². The molecule has 0 aromatic heterocycles. The second-order valence-electron chi connectivity index (χ2n) is 5.25. The Morgan fingerprint density at radius 2 is 2.16 bits per heavy atom. The number of fused-ring (bicyclic) bond motifs is 1. The number of rotatable bonds is 4. The third-order valence-corrected chi connectivity index (χ3v) is 3.68. The molecule has 1 aliphatic heterocycles. The van der Waals surface area contributed by atoms with Gasteiger partial charge < -0.3 is 10.6 Å². The fraction of sp³-hybridized carbons (Fsp3) is 0.467. The minimum absolute atomic E-state index is 0.0884. The van der Waals surface area contributed by atoms with Crippen molar-refractivity contribution in [1.82, 2.24) is 0 Å². The van der Waals surface area contributed by atoms with E-state index >= 15 is 0 Å². The molecule has 1 amide bonds. The van der Waals surface area contributed by atoms with Crippen LogP contribution >= 0.6 is 0 Å². The summed E-state index contributed by atoms with van der Waals surface area (Å²) in [6.07, 6.45) is 2.03. The Labute approximate surface area is 113 Å².